The molecule has 0 fully saturated rings. The summed E-state index contributed by atoms with van der Waals surface area (Å²) in [5.41, 5.74) is 17.6. The number of anilines is 3. The smallest absolute Gasteiger partial charge is 0.0546 e. The van der Waals surface area contributed by atoms with Crippen LogP contribution in [0.1, 0.15) is 0 Å². The minimum Gasteiger partial charge on any atom is -0.310 e. The summed E-state index contributed by atoms with van der Waals surface area (Å²) in [6.45, 7) is 0. The largest absolute Gasteiger partial charge is 0.310 e. The van der Waals surface area contributed by atoms with Crippen molar-refractivity contribution >= 4 is 48.6 Å². The molecule has 0 aliphatic rings. The maximum absolute atomic E-state index is 2.44. The van der Waals surface area contributed by atoms with E-state index in [0.29, 0.717) is 0 Å². The Morgan fingerprint density at radius 1 is 0.258 bits per heavy atom. The Morgan fingerprint density at radius 3 is 1.29 bits per heavy atom. The zero-order valence-corrected chi connectivity index (χ0v) is 34.8. The first-order chi connectivity index (χ1) is 30.8. The van der Waals surface area contributed by atoms with E-state index in [0.717, 1.165) is 17.1 Å². The Labute approximate surface area is 367 Å². The van der Waals surface area contributed by atoms with Crippen molar-refractivity contribution in [2.75, 3.05) is 4.90 Å². The first-order valence-corrected chi connectivity index (χ1v) is 22.0. The van der Waals surface area contributed by atoms with Gasteiger partial charge in [-0.3, -0.25) is 0 Å². The van der Waals surface area contributed by atoms with Gasteiger partial charge < -0.3 is 4.90 Å². The summed E-state index contributed by atoms with van der Waals surface area (Å²) < 4.78 is 2.62. The molecule has 292 valence electrons. The van der Waals surface area contributed by atoms with Gasteiger partial charge in [0, 0.05) is 37.1 Å². The highest BCUT2D eigenvalue weighted by molar-refractivity contribution is 7.25. The minimum atomic E-state index is 1.08. The first-order valence-electron chi connectivity index (χ1n) is 21.2. The lowest BCUT2D eigenvalue weighted by Gasteiger charge is -2.30. The van der Waals surface area contributed by atoms with Crippen LogP contribution >= 0.6 is 11.3 Å². The van der Waals surface area contributed by atoms with E-state index in [1.165, 1.54) is 86.9 Å². The summed E-state index contributed by atoms with van der Waals surface area (Å²) in [5, 5.41) is 2.63. The van der Waals surface area contributed by atoms with E-state index < -0.39 is 0 Å². The van der Waals surface area contributed by atoms with Gasteiger partial charge in [0.15, 0.2) is 0 Å². The topological polar surface area (TPSA) is 3.24 Å². The molecule has 1 nitrogen and oxygen atoms in total. The normalized spacial score (nSPS) is 11.2. The lowest BCUT2D eigenvalue weighted by Crippen LogP contribution is -2.12. The molecule has 1 heterocycles. The Bertz CT molecular complexity index is 3300. The summed E-state index contributed by atoms with van der Waals surface area (Å²) in [6.07, 6.45) is 0. The fourth-order valence-electron chi connectivity index (χ4n) is 8.96. The zero-order valence-electron chi connectivity index (χ0n) is 34.0. The van der Waals surface area contributed by atoms with Crippen molar-refractivity contribution in [1.29, 1.82) is 0 Å². The van der Waals surface area contributed by atoms with Crippen molar-refractivity contribution in [1.82, 2.24) is 0 Å². The molecule has 11 rings (SSSR count). The van der Waals surface area contributed by atoms with Gasteiger partial charge in [0.2, 0.25) is 0 Å². The number of hydrogen-bond donors (Lipinski definition) is 0. The van der Waals surface area contributed by atoms with Gasteiger partial charge in [-0.25, -0.2) is 0 Å². The molecule has 0 atom stereocenters. The molecule has 0 amide bonds. The van der Waals surface area contributed by atoms with E-state index in [2.05, 4.69) is 254 Å². The van der Waals surface area contributed by atoms with Crippen molar-refractivity contribution in [2.45, 2.75) is 0 Å². The van der Waals surface area contributed by atoms with Crippen LogP contribution in [-0.4, -0.2) is 0 Å². The molecule has 62 heavy (non-hydrogen) atoms. The molecule has 2 heteroatoms. The second kappa shape index (κ2) is 16.3. The third-order valence-corrected chi connectivity index (χ3v) is 13.1. The number of thiophene rings is 1. The standard InChI is InChI=1S/C60H41NS/c1-4-16-42(17-5-1)43-30-32-44(33-31-43)45-34-38-49(39-35-45)61(50-40-36-48(37-41-50)53-26-15-29-58-60(53)55-24-12-13-28-57(55)62-58)56-27-14-25-52(47-20-8-3-9-21-47)59(56)54-23-11-10-22-51(54)46-18-6-2-7-19-46/h1-41H. The summed E-state index contributed by atoms with van der Waals surface area (Å²) in [5.74, 6) is 0. The van der Waals surface area contributed by atoms with E-state index >= 15 is 0 Å². The molecule has 1 aromatic heterocycles. The Balaban J connectivity index is 1.09. The molecule has 0 saturated carbocycles. The third-order valence-electron chi connectivity index (χ3n) is 11.9. The van der Waals surface area contributed by atoms with Gasteiger partial charge in [-0.05, 0) is 104 Å². The molecule has 0 N–H and O–H groups in total. The summed E-state index contributed by atoms with van der Waals surface area (Å²) in [7, 11) is 0. The maximum atomic E-state index is 2.44. The summed E-state index contributed by atoms with van der Waals surface area (Å²) in [6, 6.07) is 90.3. The van der Waals surface area contributed by atoms with Crippen LogP contribution in [0.4, 0.5) is 17.1 Å². The lowest BCUT2D eigenvalue weighted by molar-refractivity contribution is 1.28. The molecule has 0 unspecified atom stereocenters. The van der Waals surface area contributed by atoms with E-state index in [1.54, 1.807) is 0 Å². The van der Waals surface area contributed by atoms with Crippen molar-refractivity contribution in [3.05, 3.63) is 249 Å². The number of nitrogens with zero attached hydrogens (tertiary/aromatic N) is 1. The highest BCUT2D eigenvalue weighted by Gasteiger charge is 2.23. The van der Waals surface area contributed by atoms with Gasteiger partial charge in [-0.1, -0.05) is 206 Å². The Hall–Kier alpha value is -7.78. The van der Waals surface area contributed by atoms with Crippen LogP contribution in [-0.2, 0) is 0 Å². The molecule has 0 spiro atoms. The van der Waals surface area contributed by atoms with Crippen LogP contribution in [0.2, 0.25) is 0 Å². The number of benzene rings is 10. The van der Waals surface area contributed by atoms with E-state index in [9.17, 15) is 0 Å². The van der Waals surface area contributed by atoms with Gasteiger partial charge in [0.1, 0.15) is 0 Å². The van der Waals surface area contributed by atoms with Crippen LogP contribution in [0, 0.1) is 0 Å². The average molecular weight is 808 g/mol. The number of rotatable bonds is 9. The maximum Gasteiger partial charge on any atom is 0.0546 e. The van der Waals surface area contributed by atoms with Crippen LogP contribution < -0.4 is 4.90 Å². The lowest BCUT2D eigenvalue weighted by atomic mass is 9.87. The van der Waals surface area contributed by atoms with Crippen LogP contribution in [0.3, 0.4) is 0 Å². The van der Waals surface area contributed by atoms with Crippen molar-refractivity contribution < 1.29 is 0 Å². The van der Waals surface area contributed by atoms with Gasteiger partial charge in [0.05, 0.1) is 5.69 Å². The first kappa shape index (κ1) is 37.2. The fourth-order valence-corrected chi connectivity index (χ4v) is 10.1. The van der Waals surface area contributed by atoms with Crippen molar-refractivity contribution in [2.24, 2.45) is 0 Å². The third kappa shape index (κ3) is 6.97. The van der Waals surface area contributed by atoms with Crippen LogP contribution in [0.25, 0.3) is 86.9 Å². The summed E-state index contributed by atoms with van der Waals surface area (Å²) >= 11 is 1.86. The molecule has 0 aliphatic heterocycles. The Kier molecular flexibility index (Phi) is 9.82. The summed E-state index contributed by atoms with van der Waals surface area (Å²) in [4.78, 5) is 2.44. The van der Waals surface area contributed by atoms with Crippen LogP contribution in [0.15, 0.2) is 249 Å². The van der Waals surface area contributed by atoms with Gasteiger partial charge >= 0.3 is 0 Å². The Morgan fingerprint density at radius 2 is 0.661 bits per heavy atom. The average Bonchev–Trinajstić information content (AvgIpc) is 3.75. The van der Waals surface area contributed by atoms with Crippen molar-refractivity contribution in [3.63, 3.8) is 0 Å². The second-order valence-electron chi connectivity index (χ2n) is 15.6. The van der Waals surface area contributed by atoms with E-state index in [4.69, 9.17) is 0 Å². The number of hydrogen-bond acceptors (Lipinski definition) is 2. The minimum absolute atomic E-state index is 1.08. The van der Waals surface area contributed by atoms with Gasteiger partial charge in [-0.15, -0.1) is 11.3 Å². The van der Waals surface area contributed by atoms with Crippen molar-refractivity contribution in [3.8, 4) is 66.8 Å². The van der Waals surface area contributed by atoms with Gasteiger partial charge in [0.25, 0.3) is 0 Å². The molecule has 11 aromatic rings. The van der Waals surface area contributed by atoms with Gasteiger partial charge in [-0.2, -0.15) is 0 Å². The quantitative estimate of drug-likeness (QED) is 0.140. The molecule has 0 saturated heterocycles. The number of fused-ring (bicyclic) bond motifs is 3. The van der Waals surface area contributed by atoms with E-state index in [1.807, 2.05) is 11.3 Å². The molecule has 0 aliphatic carbocycles. The van der Waals surface area contributed by atoms with E-state index in [-0.39, 0.29) is 0 Å². The molecule has 10 aromatic carbocycles. The highest BCUT2D eigenvalue weighted by atomic mass is 32.1. The second-order valence-corrected chi connectivity index (χ2v) is 16.7. The highest BCUT2D eigenvalue weighted by Crippen LogP contribution is 2.49. The molecule has 0 bridgehead atoms. The predicted molar refractivity (Wildman–Crippen MR) is 267 cm³/mol. The molecular weight excluding hydrogens is 767 g/mol. The monoisotopic (exact) mass is 807 g/mol. The fraction of sp³-hybridized carbons (Fsp3) is 0. The predicted octanol–water partition coefficient (Wildman–Crippen LogP) is 17.5. The zero-order chi connectivity index (χ0) is 41.2. The molecule has 0 radical (unpaired) electrons. The molecular formula is C60H41NS. The SMILES string of the molecule is c1ccc(-c2ccc(-c3ccc(N(c4ccc(-c5cccc6sc7ccccc7c56)cc4)c4cccc(-c5ccccc5)c4-c4ccccc4-c4ccccc4)cc3)cc2)cc1. The van der Waals surface area contributed by atoms with Crippen LogP contribution in [0.5, 0.6) is 0 Å².